The third-order valence-electron chi connectivity index (χ3n) is 6.35. The maximum absolute atomic E-state index is 12.0. The minimum absolute atomic E-state index is 0.142. The van der Waals surface area contributed by atoms with Crippen molar-refractivity contribution in [1.82, 2.24) is 15.3 Å². The normalized spacial score (nSPS) is 21.8. The maximum atomic E-state index is 12.0. The lowest BCUT2D eigenvalue weighted by atomic mass is 10.1. The van der Waals surface area contributed by atoms with Crippen LogP contribution >= 0.6 is 0 Å². The Morgan fingerprint density at radius 1 is 1.25 bits per heavy atom. The van der Waals surface area contributed by atoms with Gasteiger partial charge >= 0.3 is 6.03 Å². The van der Waals surface area contributed by atoms with Gasteiger partial charge in [0.15, 0.2) is 10.6 Å². The molecule has 0 unspecified atom stereocenters. The molecule has 1 aliphatic heterocycles. The Hall–Kier alpha value is -2.32. The summed E-state index contributed by atoms with van der Waals surface area (Å²) in [4.78, 5) is 24.4. The van der Waals surface area contributed by atoms with Gasteiger partial charge in [0, 0.05) is 42.7 Å². The van der Waals surface area contributed by atoms with E-state index in [1.54, 1.807) is 0 Å². The molecule has 2 N–H and O–H groups in total. The van der Waals surface area contributed by atoms with Crippen molar-refractivity contribution in [3.63, 3.8) is 0 Å². The van der Waals surface area contributed by atoms with Crippen LogP contribution in [0.2, 0.25) is 0 Å². The first-order chi connectivity index (χ1) is 15.6. The summed E-state index contributed by atoms with van der Waals surface area (Å²) in [5.41, 5.74) is 2.89. The molecule has 0 bridgehead atoms. The number of amides is 2. The molecule has 1 atom stereocenters. The number of carbonyl (C=O) groups is 1. The lowest BCUT2D eigenvalue weighted by Gasteiger charge is -2.34. The van der Waals surface area contributed by atoms with Crippen molar-refractivity contribution >= 4 is 29.3 Å². The van der Waals surface area contributed by atoms with Crippen molar-refractivity contribution in [2.24, 2.45) is 0 Å². The van der Waals surface area contributed by atoms with E-state index in [-0.39, 0.29) is 16.8 Å². The molecule has 2 amide bonds. The van der Waals surface area contributed by atoms with E-state index in [2.05, 4.69) is 35.4 Å². The Morgan fingerprint density at radius 2 is 2.03 bits per heavy atom. The second kappa shape index (κ2) is 8.90. The summed E-state index contributed by atoms with van der Waals surface area (Å²) in [6, 6.07) is 10.5. The third-order valence-corrected chi connectivity index (χ3v) is 7.95. The minimum Gasteiger partial charge on any atom is -0.377 e. The van der Waals surface area contributed by atoms with E-state index in [1.165, 1.54) is 24.6 Å². The number of nitrogens with one attached hydrogen (secondary N) is 2. The molecule has 3 fully saturated rings. The first-order valence-corrected chi connectivity index (χ1v) is 12.7. The Labute approximate surface area is 193 Å². The highest BCUT2D eigenvalue weighted by molar-refractivity contribution is 7.79. The van der Waals surface area contributed by atoms with Gasteiger partial charge < -0.3 is 20.3 Å². The summed E-state index contributed by atoms with van der Waals surface area (Å²) >= 11 is 1.44. The van der Waals surface area contributed by atoms with Gasteiger partial charge in [0.2, 0.25) is 0 Å². The van der Waals surface area contributed by atoms with E-state index in [0.29, 0.717) is 6.04 Å². The van der Waals surface area contributed by atoms with Crippen LogP contribution in [0.3, 0.4) is 0 Å². The molecule has 5 rings (SSSR count). The highest BCUT2D eigenvalue weighted by Gasteiger charge is 2.53. The van der Waals surface area contributed by atoms with Gasteiger partial charge in [-0.3, -0.25) is 0 Å². The number of benzene rings is 1. The van der Waals surface area contributed by atoms with Gasteiger partial charge in [-0.05, 0) is 62.7 Å². The molecule has 0 radical (unpaired) electrons. The van der Waals surface area contributed by atoms with E-state index >= 15 is 0 Å². The zero-order valence-electron chi connectivity index (χ0n) is 18.8. The summed E-state index contributed by atoms with van der Waals surface area (Å²) in [6.07, 6.45) is 4.53. The molecule has 2 aliphatic carbocycles. The van der Waals surface area contributed by atoms with E-state index in [4.69, 9.17) is 14.7 Å². The number of thiol groups is 1. The fourth-order valence-electron chi connectivity index (χ4n) is 4.22. The second-order valence-electron chi connectivity index (χ2n) is 9.01. The van der Waals surface area contributed by atoms with Gasteiger partial charge in [-0.1, -0.05) is 0 Å². The Kier molecular flexibility index (Phi) is 5.99. The SMILES string of the molecule is CC[SH+]C1(c2cc(N3CCOC[C@@H]3C)nc(-c3ccc(NC(=O)NC4CC4)cc3)n2)CC1. The fraction of sp³-hybridized carbons (Fsp3) is 0.542. The molecule has 1 saturated heterocycles. The number of morpholine rings is 1. The molecule has 1 aromatic carbocycles. The van der Waals surface area contributed by atoms with Gasteiger partial charge in [-0.2, -0.15) is 0 Å². The van der Waals surface area contributed by atoms with Crippen LogP contribution in [0.1, 0.15) is 45.2 Å². The zero-order chi connectivity index (χ0) is 22.1. The molecular weight excluding hydrogens is 422 g/mol. The summed E-state index contributed by atoms with van der Waals surface area (Å²) < 4.78 is 5.82. The molecule has 1 aromatic heterocycles. The monoisotopic (exact) mass is 454 g/mol. The first-order valence-electron chi connectivity index (χ1n) is 11.7. The maximum Gasteiger partial charge on any atom is 0.319 e. The number of carbonyl (C=O) groups excluding carboxylic acids is 1. The predicted molar refractivity (Wildman–Crippen MR) is 130 cm³/mol. The van der Waals surface area contributed by atoms with Crippen LogP contribution in [0.15, 0.2) is 30.3 Å². The van der Waals surface area contributed by atoms with Crippen molar-refractivity contribution in [2.45, 2.75) is 56.4 Å². The summed E-state index contributed by atoms with van der Waals surface area (Å²) in [5, 5.41) is 5.86. The first kappa shape index (κ1) is 21.5. The van der Waals surface area contributed by atoms with Crippen molar-refractivity contribution in [2.75, 3.05) is 35.7 Å². The fourth-order valence-corrected chi connectivity index (χ4v) is 5.53. The number of rotatable bonds is 7. The highest BCUT2D eigenvalue weighted by Crippen LogP contribution is 2.49. The number of aromatic nitrogens is 2. The quantitative estimate of drug-likeness (QED) is 0.495. The van der Waals surface area contributed by atoms with Crippen LogP contribution in [0.25, 0.3) is 11.4 Å². The standard InChI is InChI=1S/C24H31N5O2S/c1-3-32-24(10-11-24)20-14-21(29-12-13-31-15-16(29)2)28-22(27-20)17-4-6-18(7-5-17)25-23(30)26-19-8-9-19/h4-7,14,16,19H,3,8-13,15H2,1-2H3,(H2,25,26,30)/p+1/t16-/m0/s1. The molecular formula is C24H32N5O2S+. The van der Waals surface area contributed by atoms with E-state index in [1.807, 2.05) is 24.3 Å². The van der Waals surface area contributed by atoms with E-state index in [9.17, 15) is 4.79 Å². The Morgan fingerprint density at radius 3 is 2.69 bits per heavy atom. The van der Waals surface area contributed by atoms with Gasteiger partial charge in [0.1, 0.15) is 17.3 Å². The topological polar surface area (TPSA) is 79.4 Å². The second-order valence-corrected chi connectivity index (χ2v) is 10.8. The Balaban J connectivity index is 1.43. The van der Waals surface area contributed by atoms with Gasteiger partial charge in [0.05, 0.1) is 19.3 Å². The molecule has 2 saturated carbocycles. The largest absolute Gasteiger partial charge is 0.377 e. The van der Waals surface area contributed by atoms with Gasteiger partial charge in [0.25, 0.3) is 0 Å². The van der Waals surface area contributed by atoms with E-state index < -0.39 is 0 Å². The van der Waals surface area contributed by atoms with Gasteiger partial charge in [-0.25, -0.2) is 14.8 Å². The molecule has 7 nitrogen and oxygen atoms in total. The summed E-state index contributed by atoms with van der Waals surface area (Å²) in [6.45, 7) is 6.70. The average molecular weight is 455 g/mol. The van der Waals surface area contributed by atoms with Crippen molar-refractivity contribution in [1.29, 1.82) is 0 Å². The molecule has 170 valence electrons. The number of hydrogen-bond acceptors (Lipinski definition) is 5. The van der Waals surface area contributed by atoms with Crippen LogP contribution in [0, 0.1) is 0 Å². The molecule has 2 heterocycles. The van der Waals surface area contributed by atoms with Crippen molar-refractivity contribution in [3.05, 3.63) is 36.0 Å². The number of anilines is 2. The van der Waals surface area contributed by atoms with Crippen LogP contribution in [-0.2, 0) is 21.2 Å². The number of hydrogen-bond donors (Lipinski definition) is 2. The third kappa shape index (κ3) is 4.71. The average Bonchev–Trinajstić information content (AvgIpc) is 3.72. The number of ether oxygens (including phenoxy) is 1. The molecule has 32 heavy (non-hydrogen) atoms. The van der Waals surface area contributed by atoms with Crippen LogP contribution in [0.5, 0.6) is 0 Å². The van der Waals surface area contributed by atoms with Gasteiger partial charge in [-0.15, -0.1) is 0 Å². The van der Waals surface area contributed by atoms with Crippen molar-refractivity contribution < 1.29 is 9.53 Å². The van der Waals surface area contributed by atoms with Crippen LogP contribution < -0.4 is 15.5 Å². The lowest BCUT2D eigenvalue weighted by molar-refractivity contribution is 0.0985. The Bertz CT molecular complexity index is 975. The molecule has 2 aromatic rings. The molecule has 0 spiro atoms. The summed E-state index contributed by atoms with van der Waals surface area (Å²) in [5.74, 6) is 2.87. The summed E-state index contributed by atoms with van der Waals surface area (Å²) in [7, 11) is 0. The predicted octanol–water partition coefficient (Wildman–Crippen LogP) is 3.48. The molecule has 3 aliphatic rings. The van der Waals surface area contributed by atoms with E-state index in [0.717, 1.165) is 66.9 Å². The van der Waals surface area contributed by atoms with Crippen LogP contribution in [-0.4, -0.2) is 53.6 Å². The lowest BCUT2D eigenvalue weighted by Crippen LogP contribution is -2.44. The smallest absolute Gasteiger partial charge is 0.319 e. The zero-order valence-corrected chi connectivity index (χ0v) is 19.7. The van der Waals surface area contributed by atoms with Crippen LogP contribution in [0.4, 0.5) is 16.3 Å². The highest BCUT2D eigenvalue weighted by atomic mass is 32.2. The molecule has 8 heteroatoms. The number of urea groups is 1. The van der Waals surface area contributed by atoms with Crippen molar-refractivity contribution in [3.8, 4) is 11.4 Å². The minimum atomic E-state index is -0.142. The number of nitrogens with zero attached hydrogens (tertiary/aromatic N) is 3.